The molecule has 16 heavy (non-hydrogen) atoms. The second kappa shape index (κ2) is 4.83. The molecule has 2 nitrogen and oxygen atoms in total. The number of hydrogen-bond donors (Lipinski definition) is 0. The van der Waals surface area contributed by atoms with Crippen LogP contribution in [-0.2, 0) is 9.53 Å². The highest BCUT2D eigenvalue weighted by molar-refractivity contribution is 5.76. The standard InChI is InChI=1S/C11H9F3O2/c1-2-9(8-6-4-3-5-7-8)16-10(15)11(12,13)14/h2-7,9H,1H2. The van der Waals surface area contributed by atoms with Crippen molar-refractivity contribution in [1.82, 2.24) is 0 Å². The Balaban J connectivity index is 2.79. The number of hydrogen-bond acceptors (Lipinski definition) is 2. The van der Waals surface area contributed by atoms with Crippen LogP contribution in [0.1, 0.15) is 11.7 Å². The van der Waals surface area contributed by atoms with E-state index in [0.717, 1.165) is 6.08 Å². The molecular weight excluding hydrogens is 221 g/mol. The summed E-state index contributed by atoms with van der Waals surface area (Å²) >= 11 is 0. The molecule has 0 amide bonds. The molecule has 1 unspecified atom stereocenters. The van der Waals surface area contributed by atoms with Gasteiger partial charge in [0.2, 0.25) is 0 Å². The SMILES string of the molecule is C=CC(OC(=O)C(F)(F)F)c1ccccc1. The van der Waals surface area contributed by atoms with Crippen molar-refractivity contribution in [2.45, 2.75) is 12.3 Å². The predicted octanol–water partition coefficient (Wildman–Crippen LogP) is 3.02. The lowest BCUT2D eigenvalue weighted by molar-refractivity contribution is -0.203. The highest BCUT2D eigenvalue weighted by Gasteiger charge is 2.42. The van der Waals surface area contributed by atoms with Crippen molar-refractivity contribution in [1.29, 1.82) is 0 Å². The summed E-state index contributed by atoms with van der Waals surface area (Å²) in [5.74, 6) is -2.22. The van der Waals surface area contributed by atoms with Gasteiger partial charge in [0.05, 0.1) is 0 Å². The number of esters is 1. The van der Waals surface area contributed by atoms with Crippen LogP contribution in [0.5, 0.6) is 0 Å². The molecule has 1 aromatic rings. The lowest BCUT2D eigenvalue weighted by Gasteiger charge is -2.15. The minimum absolute atomic E-state index is 0.440. The van der Waals surface area contributed by atoms with Gasteiger partial charge in [-0.05, 0) is 11.6 Å². The van der Waals surface area contributed by atoms with Gasteiger partial charge in [0.1, 0.15) is 6.10 Å². The first-order valence-electron chi connectivity index (χ1n) is 4.40. The lowest BCUT2D eigenvalue weighted by Crippen LogP contribution is -2.26. The Bertz CT molecular complexity index is 371. The zero-order valence-electron chi connectivity index (χ0n) is 8.20. The van der Waals surface area contributed by atoms with E-state index in [4.69, 9.17) is 0 Å². The summed E-state index contributed by atoms with van der Waals surface area (Å²) in [4.78, 5) is 10.6. The van der Waals surface area contributed by atoms with Crippen molar-refractivity contribution in [3.8, 4) is 0 Å². The maximum Gasteiger partial charge on any atom is 0.490 e. The van der Waals surface area contributed by atoms with Gasteiger partial charge in [-0.3, -0.25) is 0 Å². The Hall–Kier alpha value is -1.78. The summed E-state index contributed by atoms with van der Waals surface area (Å²) in [7, 11) is 0. The first-order valence-corrected chi connectivity index (χ1v) is 4.40. The third kappa shape index (κ3) is 3.12. The molecule has 0 heterocycles. The van der Waals surface area contributed by atoms with Crippen LogP contribution in [0.4, 0.5) is 13.2 Å². The zero-order chi connectivity index (χ0) is 12.2. The van der Waals surface area contributed by atoms with E-state index in [0.29, 0.717) is 5.56 Å². The van der Waals surface area contributed by atoms with Crippen molar-refractivity contribution < 1.29 is 22.7 Å². The first-order chi connectivity index (χ1) is 7.45. The third-order valence-corrected chi connectivity index (χ3v) is 1.81. The summed E-state index contributed by atoms with van der Waals surface area (Å²) in [5.41, 5.74) is 0.440. The van der Waals surface area contributed by atoms with Crippen molar-refractivity contribution in [2.75, 3.05) is 0 Å². The highest BCUT2D eigenvalue weighted by Crippen LogP contribution is 2.24. The average molecular weight is 230 g/mol. The molecule has 0 N–H and O–H groups in total. The Morgan fingerprint density at radius 3 is 2.31 bits per heavy atom. The molecule has 0 aliphatic carbocycles. The molecule has 0 radical (unpaired) electrons. The number of carbonyl (C=O) groups excluding carboxylic acids is 1. The summed E-state index contributed by atoms with van der Waals surface area (Å²) in [6.07, 6.45) is -4.94. The molecular formula is C11H9F3O2. The van der Waals surface area contributed by atoms with Crippen LogP contribution in [0.3, 0.4) is 0 Å². The van der Waals surface area contributed by atoms with Gasteiger partial charge >= 0.3 is 12.1 Å². The molecule has 1 rings (SSSR count). The van der Waals surface area contributed by atoms with Crippen molar-refractivity contribution in [2.24, 2.45) is 0 Å². The minimum Gasteiger partial charge on any atom is -0.447 e. The van der Waals surface area contributed by atoms with Crippen LogP contribution in [0.25, 0.3) is 0 Å². The Kier molecular flexibility index (Phi) is 3.71. The lowest BCUT2D eigenvalue weighted by atomic mass is 10.1. The number of carbonyl (C=O) groups is 1. The molecule has 5 heteroatoms. The molecule has 0 spiro atoms. The average Bonchev–Trinajstić information content (AvgIpc) is 2.25. The first kappa shape index (κ1) is 12.3. The smallest absolute Gasteiger partial charge is 0.447 e. The monoisotopic (exact) mass is 230 g/mol. The Labute approximate surface area is 90.3 Å². The quantitative estimate of drug-likeness (QED) is 0.589. The van der Waals surface area contributed by atoms with E-state index in [1.54, 1.807) is 30.3 Å². The van der Waals surface area contributed by atoms with Crippen molar-refractivity contribution in [3.05, 3.63) is 48.6 Å². The van der Waals surface area contributed by atoms with Crippen LogP contribution in [0.15, 0.2) is 43.0 Å². The largest absolute Gasteiger partial charge is 0.490 e. The van der Waals surface area contributed by atoms with Crippen molar-refractivity contribution in [3.63, 3.8) is 0 Å². The van der Waals surface area contributed by atoms with E-state index in [9.17, 15) is 18.0 Å². The summed E-state index contributed by atoms with van der Waals surface area (Å²) < 4.78 is 40.1. The van der Waals surface area contributed by atoms with Gasteiger partial charge in [0.15, 0.2) is 0 Å². The number of rotatable bonds is 3. The van der Waals surface area contributed by atoms with Gasteiger partial charge in [-0.25, -0.2) is 4.79 Å². The van der Waals surface area contributed by atoms with Crippen molar-refractivity contribution >= 4 is 5.97 Å². The number of alkyl halides is 3. The molecule has 0 saturated heterocycles. The molecule has 0 aromatic heterocycles. The Morgan fingerprint density at radius 1 is 1.31 bits per heavy atom. The summed E-state index contributed by atoms with van der Waals surface area (Å²) in [6, 6.07) is 8.07. The highest BCUT2D eigenvalue weighted by atomic mass is 19.4. The van der Waals surface area contributed by atoms with Gasteiger partial charge in [-0.1, -0.05) is 36.9 Å². The molecule has 1 atom stereocenters. The topological polar surface area (TPSA) is 26.3 Å². The summed E-state index contributed by atoms with van der Waals surface area (Å²) in [5, 5.41) is 0. The maximum absolute atomic E-state index is 12.0. The second-order valence-corrected chi connectivity index (χ2v) is 2.97. The van der Waals surface area contributed by atoms with E-state index in [1.807, 2.05) is 0 Å². The van der Waals surface area contributed by atoms with Crippen LogP contribution in [-0.4, -0.2) is 12.1 Å². The number of benzene rings is 1. The zero-order valence-corrected chi connectivity index (χ0v) is 8.20. The molecule has 0 fully saturated rings. The fourth-order valence-corrected chi connectivity index (χ4v) is 1.08. The molecule has 0 saturated carbocycles. The third-order valence-electron chi connectivity index (χ3n) is 1.81. The van der Waals surface area contributed by atoms with Gasteiger partial charge < -0.3 is 4.74 Å². The van der Waals surface area contributed by atoms with Crippen LogP contribution in [0.2, 0.25) is 0 Å². The van der Waals surface area contributed by atoms with Crippen LogP contribution >= 0.6 is 0 Å². The minimum atomic E-state index is -4.99. The molecule has 86 valence electrons. The molecule has 0 aliphatic rings. The Morgan fingerprint density at radius 2 is 1.88 bits per heavy atom. The van der Waals surface area contributed by atoms with E-state index < -0.39 is 18.2 Å². The predicted molar refractivity (Wildman–Crippen MR) is 51.5 cm³/mol. The van der Waals surface area contributed by atoms with Crippen LogP contribution in [0, 0.1) is 0 Å². The fourth-order valence-electron chi connectivity index (χ4n) is 1.08. The maximum atomic E-state index is 12.0. The molecule has 0 bridgehead atoms. The fraction of sp³-hybridized carbons (Fsp3) is 0.182. The van der Waals surface area contributed by atoms with Crippen LogP contribution < -0.4 is 0 Å². The normalized spacial score (nSPS) is 12.9. The van der Waals surface area contributed by atoms with Gasteiger partial charge in [-0.15, -0.1) is 0 Å². The number of halogens is 3. The molecule has 0 aliphatic heterocycles. The van der Waals surface area contributed by atoms with Gasteiger partial charge in [0.25, 0.3) is 0 Å². The van der Waals surface area contributed by atoms with E-state index >= 15 is 0 Å². The second-order valence-electron chi connectivity index (χ2n) is 2.97. The molecule has 1 aromatic carbocycles. The van der Waals surface area contributed by atoms with Gasteiger partial charge in [-0.2, -0.15) is 13.2 Å². The van der Waals surface area contributed by atoms with Gasteiger partial charge in [0, 0.05) is 0 Å². The summed E-state index contributed by atoms with van der Waals surface area (Å²) in [6.45, 7) is 3.33. The van der Waals surface area contributed by atoms with E-state index in [1.165, 1.54) is 0 Å². The van der Waals surface area contributed by atoms with E-state index in [-0.39, 0.29) is 0 Å². The number of ether oxygens (including phenoxy) is 1. The van der Waals surface area contributed by atoms with E-state index in [2.05, 4.69) is 11.3 Å².